The predicted molar refractivity (Wildman–Crippen MR) is 67.3 cm³/mol. The number of hydrogen-bond donors (Lipinski definition) is 1. The van der Waals surface area contributed by atoms with Gasteiger partial charge in [0, 0.05) is 25.0 Å². The number of carbonyl (C=O) groups is 1. The van der Waals surface area contributed by atoms with Crippen LogP contribution in [0.4, 0.5) is 0 Å². The van der Waals surface area contributed by atoms with Crippen molar-refractivity contribution < 1.29 is 4.79 Å². The van der Waals surface area contributed by atoms with E-state index in [0.29, 0.717) is 24.4 Å². The van der Waals surface area contributed by atoms with Crippen LogP contribution in [-0.2, 0) is 4.79 Å². The topological polar surface area (TPSA) is 32.3 Å². The number of carbonyl (C=O) groups excluding carboxylic acids is 1. The SMILES string of the molecule is CCC(CC)CNC1CC(=O)N(C(C)C)C1. The molecular formula is C13H26N2O. The first kappa shape index (κ1) is 13.5. The fraction of sp³-hybridized carbons (Fsp3) is 0.923. The van der Waals surface area contributed by atoms with Crippen molar-refractivity contribution in [2.45, 2.75) is 59.0 Å². The second-order valence-corrected chi connectivity index (χ2v) is 5.13. The molecule has 1 heterocycles. The Labute approximate surface area is 99.6 Å². The van der Waals surface area contributed by atoms with E-state index in [1.807, 2.05) is 4.90 Å². The van der Waals surface area contributed by atoms with Gasteiger partial charge in [-0.1, -0.05) is 26.7 Å². The van der Waals surface area contributed by atoms with Crippen LogP contribution in [0.25, 0.3) is 0 Å². The molecule has 1 atom stereocenters. The zero-order chi connectivity index (χ0) is 12.1. The summed E-state index contributed by atoms with van der Waals surface area (Å²) in [5, 5.41) is 3.54. The molecule has 0 spiro atoms. The summed E-state index contributed by atoms with van der Waals surface area (Å²) in [6.07, 6.45) is 3.12. The van der Waals surface area contributed by atoms with E-state index in [2.05, 4.69) is 33.0 Å². The molecule has 3 nitrogen and oxygen atoms in total. The minimum absolute atomic E-state index is 0.303. The van der Waals surface area contributed by atoms with Crippen molar-refractivity contribution >= 4 is 5.91 Å². The summed E-state index contributed by atoms with van der Waals surface area (Å²) < 4.78 is 0. The third-order valence-corrected chi connectivity index (χ3v) is 3.63. The lowest BCUT2D eigenvalue weighted by atomic mass is 10.0. The van der Waals surface area contributed by atoms with Crippen LogP contribution in [0.15, 0.2) is 0 Å². The van der Waals surface area contributed by atoms with Gasteiger partial charge in [0.15, 0.2) is 0 Å². The molecule has 0 saturated carbocycles. The van der Waals surface area contributed by atoms with E-state index in [0.717, 1.165) is 19.0 Å². The van der Waals surface area contributed by atoms with Gasteiger partial charge in [0.05, 0.1) is 0 Å². The number of hydrogen-bond acceptors (Lipinski definition) is 2. The molecule has 0 aromatic heterocycles. The average molecular weight is 226 g/mol. The molecule has 0 radical (unpaired) electrons. The van der Waals surface area contributed by atoms with Crippen molar-refractivity contribution in [3.8, 4) is 0 Å². The Morgan fingerprint density at radius 2 is 2.00 bits per heavy atom. The van der Waals surface area contributed by atoms with E-state index in [1.54, 1.807) is 0 Å². The molecule has 1 rings (SSSR count). The van der Waals surface area contributed by atoms with E-state index in [9.17, 15) is 4.79 Å². The van der Waals surface area contributed by atoms with Crippen molar-refractivity contribution in [2.24, 2.45) is 5.92 Å². The molecule has 1 fully saturated rings. The summed E-state index contributed by atoms with van der Waals surface area (Å²) in [5.74, 6) is 1.06. The lowest BCUT2D eigenvalue weighted by molar-refractivity contribution is -0.129. The van der Waals surface area contributed by atoms with Gasteiger partial charge in [-0.2, -0.15) is 0 Å². The highest BCUT2D eigenvalue weighted by Crippen LogP contribution is 2.15. The molecule has 0 aromatic carbocycles. The van der Waals surface area contributed by atoms with Gasteiger partial charge in [0.25, 0.3) is 0 Å². The standard InChI is InChI=1S/C13H26N2O/c1-5-11(6-2)8-14-12-7-13(16)15(9-12)10(3)4/h10-12,14H,5-9H2,1-4H3. The van der Waals surface area contributed by atoms with Crippen LogP contribution in [0.5, 0.6) is 0 Å². The van der Waals surface area contributed by atoms with Gasteiger partial charge in [-0.3, -0.25) is 4.79 Å². The minimum Gasteiger partial charge on any atom is -0.339 e. The maximum atomic E-state index is 11.7. The van der Waals surface area contributed by atoms with Crippen LogP contribution in [0.2, 0.25) is 0 Å². The lowest BCUT2D eigenvalue weighted by Gasteiger charge is -2.22. The summed E-state index contributed by atoms with van der Waals surface area (Å²) in [7, 11) is 0. The summed E-state index contributed by atoms with van der Waals surface area (Å²) in [6.45, 7) is 10.6. The van der Waals surface area contributed by atoms with Gasteiger partial charge in [0.2, 0.25) is 5.91 Å². The number of nitrogens with one attached hydrogen (secondary N) is 1. The number of rotatable bonds is 6. The maximum Gasteiger partial charge on any atom is 0.224 e. The third-order valence-electron chi connectivity index (χ3n) is 3.63. The minimum atomic E-state index is 0.303. The molecule has 1 aliphatic heterocycles. The fourth-order valence-electron chi connectivity index (χ4n) is 2.28. The van der Waals surface area contributed by atoms with E-state index >= 15 is 0 Å². The predicted octanol–water partition coefficient (Wildman–Crippen LogP) is 2.02. The Bertz CT molecular complexity index is 224. The first-order valence-corrected chi connectivity index (χ1v) is 6.61. The zero-order valence-electron chi connectivity index (χ0n) is 11.1. The summed E-state index contributed by atoms with van der Waals surface area (Å²) in [4.78, 5) is 13.7. The van der Waals surface area contributed by atoms with Gasteiger partial charge < -0.3 is 10.2 Å². The third kappa shape index (κ3) is 3.48. The number of nitrogens with zero attached hydrogens (tertiary/aromatic N) is 1. The molecule has 1 saturated heterocycles. The Kier molecular flexibility index (Phi) is 5.26. The molecule has 1 aliphatic rings. The first-order valence-electron chi connectivity index (χ1n) is 6.61. The molecule has 0 bridgehead atoms. The first-order chi connectivity index (χ1) is 7.58. The Morgan fingerprint density at radius 1 is 1.38 bits per heavy atom. The zero-order valence-corrected chi connectivity index (χ0v) is 11.1. The smallest absolute Gasteiger partial charge is 0.224 e. The molecule has 16 heavy (non-hydrogen) atoms. The number of likely N-dealkylation sites (tertiary alicyclic amines) is 1. The highest BCUT2D eigenvalue weighted by atomic mass is 16.2. The Balaban J connectivity index is 2.33. The molecule has 1 unspecified atom stereocenters. The molecule has 94 valence electrons. The quantitative estimate of drug-likeness (QED) is 0.751. The normalized spacial score (nSPS) is 21.5. The molecule has 0 aliphatic carbocycles. The van der Waals surface area contributed by atoms with E-state index in [1.165, 1.54) is 12.8 Å². The van der Waals surface area contributed by atoms with Gasteiger partial charge in [-0.15, -0.1) is 0 Å². The summed E-state index contributed by atoms with van der Waals surface area (Å²) in [6, 6.07) is 0.711. The molecular weight excluding hydrogens is 200 g/mol. The second-order valence-electron chi connectivity index (χ2n) is 5.13. The highest BCUT2D eigenvalue weighted by Gasteiger charge is 2.30. The molecule has 1 N–H and O–H groups in total. The van der Waals surface area contributed by atoms with Crippen LogP contribution >= 0.6 is 0 Å². The largest absolute Gasteiger partial charge is 0.339 e. The molecule has 1 amide bonds. The van der Waals surface area contributed by atoms with Crippen molar-refractivity contribution in [1.29, 1.82) is 0 Å². The van der Waals surface area contributed by atoms with E-state index in [-0.39, 0.29) is 0 Å². The second kappa shape index (κ2) is 6.24. The lowest BCUT2D eigenvalue weighted by Crippen LogP contribution is -2.37. The van der Waals surface area contributed by atoms with Gasteiger partial charge in [-0.05, 0) is 26.3 Å². The maximum absolute atomic E-state index is 11.7. The van der Waals surface area contributed by atoms with Gasteiger partial charge >= 0.3 is 0 Å². The monoisotopic (exact) mass is 226 g/mol. The van der Waals surface area contributed by atoms with Crippen LogP contribution in [0.1, 0.15) is 47.0 Å². The summed E-state index contributed by atoms with van der Waals surface area (Å²) in [5.41, 5.74) is 0. The Hall–Kier alpha value is -0.570. The number of amides is 1. The van der Waals surface area contributed by atoms with Crippen molar-refractivity contribution in [3.63, 3.8) is 0 Å². The van der Waals surface area contributed by atoms with Crippen molar-refractivity contribution in [1.82, 2.24) is 10.2 Å². The summed E-state index contributed by atoms with van der Waals surface area (Å²) >= 11 is 0. The van der Waals surface area contributed by atoms with Crippen LogP contribution < -0.4 is 5.32 Å². The van der Waals surface area contributed by atoms with E-state index in [4.69, 9.17) is 0 Å². The molecule has 0 aromatic rings. The van der Waals surface area contributed by atoms with Crippen molar-refractivity contribution in [2.75, 3.05) is 13.1 Å². The highest BCUT2D eigenvalue weighted by molar-refractivity contribution is 5.79. The van der Waals surface area contributed by atoms with Crippen LogP contribution in [0, 0.1) is 5.92 Å². The molecule has 3 heteroatoms. The van der Waals surface area contributed by atoms with Gasteiger partial charge in [0.1, 0.15) is 0 Å². The van der Waals surface area contributed by atoms with Crippen molar-refractivity contribution in [3.05, 3.63) is 0 Å². The van der Waals surface area contributed by atoms with Gasteiger partial charge in [-0.25, -0.2) is 0 Å². The average Bonchev–Trinajstić information content (AvgIpc) is 2.61. The van der Waals surface area contributed by atoms with E-state index < -0.39 is 0 Å². The fourth-order valence-corrected chi connectivity index (χ4v) is 2.28. The van der Waals surface area contributed by atoms with Crippen LogP contribution in [0.3, 0.4) is 0 Å². The Morgan fingerprint density at radius 3 is 2.44 bits per heavy atom. The van der Waals surface area contributed by atoms with Crippen LogP contribution in [-0.4, -0.2) is 36.0 Å².